The quantitative estimate of drug-likeness (QED) is 0.819. The van der Waals surface area contributed by atoms with Gasteiger partial charge in [0.05, 0.1) is 13.5 Å². The summed E-state index contributed by atoms with van der Waals surface area (Å²) in [7, 11) is 1.61. The van der Waals surface area contributed by atoms with Crippen molar-refractivity contribution in [2.75, 3.05) is 12.4 Å². The fourth-order valence-corrected chi connectivity index (χ4v) is 2.41. The highest BCUT2D eigenvalue weighted by atomic mass is 127. The van der Waals surface area contributed by atoms with Gasteiger partial charge in [0.25, 0.3) is 0 Å². The maximum Gasteiger partial charge on any atom is 0.228 e. The molecule has 0 saturated carbocycles. The van der Waals surface area contributed by atoms with Gasteiger partial charge in [0.2, 0.25) is 5.91 Å². The van der Waals surface area contributed by atoms with E-state index in [2.05, 4.69) is 27.9 Å². The molecule has 1 amide bonds. The largest absolute Gasteiger partial charge is 0.496 e. The number of para-hydroxylation sites is 1. The Labute approximate surface area is 132 Å². The Balaban J connectivity index is 2.07. The topological polar surface area (TPSA) is 38.3 Å². The molecule has 0 aromatic heterocycles. The molecule has 20 heavy (non-hydrogen) atoms. The first-order valence-corrected chi connectivity index (χ1v) is 7.36. The molecule has 2 rings (SSSR count). The number of ether oxygens (including phenoxy) is 1. The molecule has 0 bridgehead atoms. The van der Waals surface area contributed by atoms with Gasteiger partial charge in [-0.15, -0.1) is 0 Å². The standard InChI is InChI=1S/C16H16INO2/c1-11-7-8-13(10-14(11)17)18-16(19)9-12-5-3-4-6-15(12)20-2/h3-8,10H,9H2,1-2H3,(H,18,19). The van der Waals surface area contributed by atoms with Crippen LogP contribution < -0.4 is 10.1 Å². The summed E-state index contributed by atoms with van der Waals surface area (Å²) < 4.78 is 6.39. The van der Waals surface area contributed by atoms with E-state index in [1.165, 1.54) is 5.56 Å². The van der Waals surface area contributed by atoms with Crippen molar-refractivity contribution < 1.29 is 9.53 Å². The van der Waals surface area contributed by atoms with Gasteiger partial charge in [-0.2, -0.15) is 0 Å². The number of aryl methyl sites for hydroxylation is 1. The van der Waals surface area contributed by atoms with Gasteiger partial charge in [-0.05, 0) is 53.3 Å². The molecule has 1 N–H and O–H groups in total. The van der Waals surface area contributed by atoms with Crippen molar-refractivity contribution in [3.63, 3.8) is 0 Å². The summed E-state index contributed by atoms with van der Waals surface area (Å²) in [6.07, 6.45) is 0.300. The molecule has 0 aliphatic rings. The predicted molar refractivity (Wildman–Crippen MR) is 89.2 cm³/mol. The molecule has 0 radical (unpaired) electrons. The maximum atomic E-state index is 12.1. The van der Waals surface area contributed by atoms with Crippen LogP contribution in [0, 0.1) is 10.5 Å². The summed E-state index contributed by atoms with van der Waals surface area (Å²) in [6.45, 7) is 2.04. The molecule has 0 aliphatic carbocycles. The number of hydrogen-bond donors (Lipinski definition) is 1. The summed E-state index contributed by atoms with van der Waals surface area (Å²) >= 11 is 2.26. The Kier molecular flexibility index (Phi) is 5.00. The van der Waals surface area contributed by atoms with Gasteiger partial charge in [0.15, 0.2) is 0 Å². The van der Waals surface area contributed by atoms with Crippen LogP contribution in [0.2, 0.25) is 0 Å². The summed E-state index contributed by atoms with van der Waals surface area (Å²) in [5.41, 5.74) is 2.91. The average Bonchev–Trinajstić information content (AvgIpc) is 2.43. The van der Waals surface area contributed by atoms with E-state index in [4.69, 9.17) is 4.74 Å². The van der Waals surface area contributed by atoms with Gasteiger partial charge in [-0.1, -0.05) is 24.3 Å². The van der Waals surface area contributed by atoms with Crippen LogP contribution in [0.3, 0.4) is 0 Å². The van der Waals surface area contributed by atoms with Crippen LogP contribution in [0.25, 0.3) is 0 Å². The predicted octanol–water partition coefficient (Wildman–Crippen LogP) is 3.79. The molecule has 2 aromatic rings. The van der Waals surface area contributed by atoms with Crippen LogP contribution in [0.4, 0.5) is 5.69 Å². The fraction of sp³-hybridized carbons (Fsp3) is 0.188. The average molecular weight is 381 g/mol. The van der Waals surface area contributed by atoms with Crippen LogP contribution in [-0.2, 0) is 11.2 Å². The van der Waals surface area contributed by atoms with E-state index in [9.17, 15) is 4.79 Å². The van der Waals surface area contributed by atoms with E-state index in [1.54, 1.807) is 7.11 Å². The summed E-state index contributed by atoms with van der Waals surface area (Å²) in [5.74, 6) is 0.690. The van der Waals surface area contributed by atoms with E-state index >= 15 is 0 Å². The number of amides is 1. The number of benzene rings is 2. The SMILES string of the molecule is COc1ccccc1CC(=O)Nc1ccc(C)c(I)c1. The van der Waals surface area contributed by atoms with E-state index < -0.39 is 0 Å². The molecular formula is C16H16INO2. The van der Waals surface area contributed by atoms with Crippen molar-refractivity contribution in [2.24, 2.45) is 0 Å². The van der Waals surface area contributed by atoms with Gasteiger partial charge in [0, 0.05) is 14.8 Å². The van der Waals surface area contributed by atoms with Crippen LogP contribution in [0.1, 0.15) is 11.1 Å². The number of nitrogens with one attached hydrogen (secondary N) is 1. The smallest absolute Gasteiger partial charge is 0.228 e. The van der Waals surface area contributed by atoms with E-state index in [0.717, 1.165) is 20.6 Å². The third-order valence-corrected chi connectivity index (χ3v) is 4.16. The second-order valence-electron chi connectivity index (χ2n) is 4.50. The number of anilines is 1. The van der Waals surface area contributed by atoms with E-state index in [1.807, 2.05) is 49.4 Å². The zero-order valence-electron chi connectivity index (χ0n) is 11.4. The monoisotopic (exact) mass is 381 g/mol. The summed E-state index contributed by atoms with van der Waals surface area (Å²) in [4.78, 5) is 12.1. The van der Waals surface area contributed by atoms with Gasteiger partial charge >= 0.3 is 0 Å². The second-order valence-corrected chi connectivity index (χ2v) is 5.66. The third-order valence-electron chi connectivity index (χ3n) is 3.00. The third kappa shape index (κ3) is 3.72. The first-order valence-electron chi connectivity index (χ1n) is 6.28. The van der Waals surface area contributed by atoms with Gasteiger partial charge in [0.1, 0.15) is 5.75 Å². The Morgan fingerprint density at radius 2 is 2.00 bits per heavy atom. The minimum Gasteiger partial charge on any atom is -0.496 e. The zero-order valence-corrected chi connectivity index (χ0v) is 13.6. The Bertz CT molecular complexity index is 626. The maximum absolute atomic E-state index is 12.1. The lowest BCUT2D eigenvalue weighted by molar-refractivity contribution is -0.115. The van der Waals surface area contributed by atoms with Crippen molar-refractivity contribution >= 4 is 34.2 Å². The molecule has 0 heterocycles. The van der Waals surface area contributed by atoms with Gasteiger partial charge < -0.3 is 10.1 Å². The minimum atomic E-state index is -0.0471. The molecule has 0 atom stereocenters. The van der Waals surface area contributed by atoms with Crippen LogP contribution in [-0.4, -0.2) is 13.0 Å². The summed E-state index contributed by atoms with van der Waals surface area (Å²) in [5, 5.41) is 2.91. The Hall–Kier alpha value is -1.56. The van der Waals surface area contributed by atoms with E-state index in [-0.39, 0.29) is 5.91 Å². The number of carbonyl (C=O) groups is 1. The van der Waals surface area contributed by atoms with Crippen molar-refractivity contribution in [1.82, 2.24) is 0 Å². The molecule has 0 spiro atoms. The zero-order chi connectivity index (χ0) is 14.5. The highest BCUT2D eigenvalue weighted by Gasteiger charge is 2.08. The molecule has 0 fully saturated rings. The molecule has 4 heteroatoms. The number of methoxy groups -OCH3 is 1. The molecule has 104 valence electrons. The lowest BCUT2D eigenvalue weighted by atomic mass is 10.1. The molecule has 2 aromatic carbocycles. The van der Waals surface area contributed by atoms with Crippen LogP contribution in [0.5, 0.6) is 5.75 Å². The lowest BCUT2D eigenvalue weighted by Gasteiger charge is -2.09. The second kappa shape index (κ2) is 6.74. The van der Waals surface area contributed by atoms with Crippen molar-refractivity contribution in [1.29, 1.82) is 0 Å². The number of halogens is 1. The number of rotatable bonds is 4. The van der Waals surface area contributed by atoms with Crippen LogP contribution >= 0.6 is 22.6 Å². The number of hydrogen-bond acceptors (Lipinski definition) is 2. The number of carbonyl (C=O) groups excluding carboxylic acids is 1. The minimum absolute atomic E-state index is 0.0471. The molecule has 0 unspecified atom stereocenters. The normalized spacial score (nSPS) is 10.2. The molecule has 3 nitrogen and oxygen atoms in total. The summed E-state index contributed by atoms with van der Waals surface area (Å²) in [6, 6.07) is 13.4. The fourth-order valence-electron chi connectivity index (χ4n) is 1.90. The highest BCUT2D eigenvalue weighted by molar-refractivity contribution is 14.1. The van der Waals surface area contributed by atoms with Crippen LogP contribution in [0.15, 0.2) is 42.5 Å². The Morgan fingerprint density at radius 3 is 2.70 bits per heavy atom. The van der Waals surface area contributed by atoms with E-state index in [0.29, 0.717) is 6.42 Å². The first kappa shape index (κ1) is 14.8. The molecular weight excluding hydrogens is 365 g/mol. The Morgan fingerprint density at radius 1 is 1.25 bits per heavy atom. The van der Waals surface area contributed by atoms with Crippen molar-refractivity contribution in [3.8, 4) is 5.75 Å². The first-order chi connectivity index (χ1) is 9.60. The lowest BCUT2D eigenvalue weighted by Crippen LogP contribution is -2.15. The molecule has 0 saturated heterocycles. The van der Waals surface area contributed by atoms with Crippen molar-refractivity contribution in [2.45, 2.75) is 13.3 Å². The van der Waals surface area contributed by atoms with Crippen molar-refractivity contribution in [3.05, 3.63) is 57.2 Å². The van der Waals surface area contributed by atoms with Gasteiger partial charge in [-0.3, -0.25) is 4.79 Å². The highest BCUT2D eigenvalue weighted by Crippen LogP contribution is 2.20. The molecule has 0 aliphatic heterocycles. The van der Waals surface area contributed by atoms with Gasteiger partial charge in [-0.25, -0.2) is 0 Å².